The summed E-state index contributed by atoms with van der Waals surface area (Å²) in [7, 11) is 1.40. The van der Waals surface area contributed by atoms with Gasteiger partial charge in [0.25, 0.3) is 5.91 Å². The van der Waals surface area contributed by atoms with Gasteiger partial charge in [-0.3, -0.25) is 4.79 Å². The Kier molecular flexibility index (Phi) is 7.01. The van der Waals surface area contributed by atoms with Crippen LogP contribution >= 0.6 is 23.2 Å². The van der Waals surface area contributed by atoms with E-state index in [1.807, 2.05) is 10.8 Å². The van der Waals surface area contributed by atoms with E-state index in [1.165, 1.54) is 7.11 Å². The van der Waals surface area contributed by atoms with E-state index in [0.717, 1.165) is 13.1 Å². The molecule has 0 radical (unpaired) electrons. The molecule has 0 aliphatic carbocycles. The zero-order chi connectivity index (χ0) is 24.6. The van der Waals surface area contributed by atoms with Gasteiger partial charge in [-0.1, -0.05) is 23.2 Å². The van der Waals surface area contributed by atoms with Crippen molar-refractivity contribution in [3.8, 4) is 5.75 Å². The monoisotopic (exact) mass is 508 g/mol. The standard InChI is InChI=1S/C21H26Cl2N8O3/c1-10-13(22)14(23)15(27-10)11-3-6-31(18(24)12(11)9-32)20-17(34-2)16(19(25)33)28-21(29-20)30-7-4-26-5-8-30/h11,18,26-27H,3-8,24H2,1-2H3,(H2,25,33). The molecule has 0 aromatic carbocycles. The topological polar surface area (TPSA) is 155 Å². The van der Waals surface area contributed by atoms with Crippen molar-refractivity contribution in [3.63, 3.8) is 0 Å². The minimum Gasteiger partial charge on any atom is -0.491 e. The lowest BCUT2D eigenvalue weighted by molar-refractivity contribution is 0.0992. The molecule has 34 heavy (non-hydrogen) atoms. The number of nitrogens with two attached hydrogens (primary N) is 2. The summed E-state index contributed by atoms with van der Waals surface area (Å²) in [6, 6.07) is 0. The number of aromatic nitrogens is 3. The summed E-state index contributed by atoms with van der Waals surface area (Å²) < 4.78 is 5.49. The van der Waals surface area contributed by atoms with Crippen LogP contribution in [0.15, 0.2) is 5.57 Å². The molecule has 2 atom stereocenters. The van der Waals surface area contributed by atoms with Gasteiger partial charge in [-0.2, -0.15) is 4.98 Å². The van der Waals surface area contributed by atoms with Crippen LogP contribution in [0.25, 0.3) is 0 Å². The van der Waals surface area contributed by atoms with Crippen LogP contribution in [-0.2, 0) is 4.79 Å². The van der Waals surface area contributed by atoms with Gasteiger partial charge >= 0.3 is 0 Å². The van der Waals surface area contributed by atoms with Gasteiger partial charge in [0, 0.05) is 50.0 Å². The molecule has 2 aromatic rings. The molecule has 2 unspecified atom stereocenters. The first-order valence-electron chi connectivity index (χ1n) is 10.8. The number of nitrogens with zero attached hydrogens (tertiary/aromatic N) is 4. The van der Waals surface area contributed by atoms with E-state index in [0.29, 0.717) is 53.4 Å². The van der Waals surface area contributed by atoms with Crippen molar-refractivity contribution in [1.29, 1.82) is 0 Å². The van der Waals surface area contributed by atoms with Crippen LogP contribution in [0.5, 0.6) is 5.75 Å². The Balaban J connectivity index is 1.76. The molecule has 4 heterocycles. The van der Waals surface area contributed by atoms with Crippen LogP contribution in [0, 0.1) is 6.92 Å². The van der Waals surface area contributed by atoms with Crippen molar-refractivity contribution in [1.82, 2.24) is 20.3 Å². The number of piperazine rings is 1. The summed E-state index contributed by atoms with van der Waals surface area (Å²) in [5, 5.41) is 4.02. The number of rotatable bonds is 5. The molecular weight excluding hydrogens is 483 g/mol. The molecular formula is C21H26Cl2N8O3. The summed E-state index contributed by atoms with van der Waals surface area (Å²) in [4.78, 5) is 40.2. The molecule has 1 amide bonds. The predicted molar refractivity (Wildman–Crippen MR) is 130 cm³/mol. The molecule has 2 saturated heterocycles. The molecule has 0 saturated carbocycles. The maximum absolute atomic E-state index is 12.2. The number of piperidine rings is 1. The van der Waals surface area contributed by atoms with Crippen molar-refractivity contribution < 1.29 is 14.3 Å². The number of aromatic amines is 1. The summed E-state index contributed by atoms with van der Waals surface area (Å²) in [5.41, 5.74) is 13.7. The Labute approximate surface area is 206 Å². The highest BCUT2D eigenvalue weighted by atomic mass is 35.5. The van der Waals surface area contributed by atoms with Crippen LogP contribution in [0.4, 0.5) is 11.8 Å². The van der Waals surface area contributed by atoms with Gasteiger partial charge in [-0.15, -0.1) is 0 Å². The number of halogens is 2. The number of methoxy groups -OCH3 is 1. The lowest BCUT2D eigenvalue weighted by Crippen LogP contribution is -2.50. The van der Waals surface area contributed by atoms with E-state index in [2.05, 4.69) is 20.3 Å². The molecule has 4 rings (SSSR count). The number of aryl methyl sites for hydroxylation is 1. The largest absolute Gasteiger partial charge is 0.491 e. The van der Waals surface area contributed by atoms with Crippen molar-refractivity contribution in [2.75, 3.05) is 49.6 Å². The van der Waals surface area contributed by atoms with Gasteiger partial charge in [0.05, 0.1) is 22.7 Å². The first-order chi connectivity index (χ1) is 16.3. The summed E-state index contributed by atoms with van der Waals surface area (Å²) in [6.45, 7) is 4.99. The first-order valence-corrected chi connectivity index (χ1v) is 11.6. The van der Waals surface area contributed by atoms with Crippen molar-refractivity contribution in [2.24, 2.45) is 11.5 Å². The molecule has 6 N–H and O–H groups in total. The summed E-state index contributed by atoms with van der Waals surface area (Å²) in [5.74, 6) is 1.56. The quantitative estimate of drug-likeness (QED) is 0.432. The Morgan fingerprint density at radius 3 is 2.47 bits per heavy atom. The van der Waals surface area contributed by atoms with Crippen molar-refractivity contribution in [3.05, 3.63) is 32.7 Å². The molecule has 2 aromatic heterocycles. The highest BCUT2D eigenvalue weighted by Crippen LogP contribution is 2.43. The van der Waals surface area contributed by atoms with Crippen LogP contribution < -0.4 is 31.3 Å². The zero-order valence-corrected chi connectivity index (χ0v) is 20.3. The Bertz CT molecular complexity index is 1160. The van der Waals surface area contributed by atoms with E-state index < -0.39 is 18.0 Å². The van der Waals surface area contributed by atoms with Crippen LogP contribution in [-0.4, -0.2) is 72.8 Å². The second-order valence-electron chi connectivity index (χ2n) is 8.16. The highest BCUT2D eigenvalue weighted by molar-refractivity contribution is 6.43. The number of carbonyl (C=O) groups is 1. The number of nitrogens with one attached hydrogen (secondary N) is 2. The second kappa shape index (κ2) is 9.81. The Morgan fingerprint density at radius 1 is 1.21 bits per heavy atom. The number of H-pyrrole nitrogens is 1. The summed E-state index contributed by atoms with van der Waals surface area (Å²) in [6.07, 6.45) is -0.439. The maximum atomic E-state index is 12.2. The summed E-state index contributed by atoms with van der Waals surface area (Å²) >= 11 is 12.7. The third-order valence-electron chi connectivity index (χ3n) is 6.18. The molecule has 2 aliphatic rings. The van der Waals surface area contributed by atoms with E-state index in [4.69, 9.17) is 39.4 Å². The molecule has 182 valence electrons. The van der Waals surface area contributed by atoms with E-state index >= 15 is 0 Å². The number of ether oxygens (including phenoxy) is 1. The third kappa shape index (κ3) is 4.21. The van der Waals surface area contributed by atoms with Gasteiger partial charge in [-0.25, -0.2) is 9.78 Å². The van der Waals surface area contributed by atoms with Crippen LogP contribution in [0.2, 0.25) is 10.0 Å². The first kappa shape index (κ1) is 24.3. The minimum absolute atomic E-state index is 0.0539. The maximum Gasteiger partial charge on any atom is 0.271 e. The fraction of sp³-hybridized carbons (Fsp3) is 0.476. The van der Waals surface area contributed by atoms with E-state index in [9.17, 15) is 9.59 Å². The normalized spacial score (nSPS) is 20.9. The minimum atomic E-state index is -0.907. The van der Waals surface area contributed by atoms with Crippen molar-refractivity contribution in [2.45, 2.75) is 25.4 Å². The van der Waals surface area contributed by atoms with Gasteiger partial charge < -0.3 is 36.3 Å². The van der Waals surface area contributed by atoms with Gasteiger partial charge in [0.2, 0.25) is 5.95 Å². The Morgan fingerprint density at radius 2 is 1.91 bits per heavy atom. The van der Waals surface area contributed by atoms with E-state index in [-0.39, 0.29) is 22.8 Å². The smallest absolute Gasteiger partial charge is 0.271 e. The lowest BCUT2D eigenvalue weighted by atomic mass is 9.87. The second-order valence-corrected chi connectivity index (χ2v) is 8.91. The third-order valence-corrected chi connectivity index (χ3v) is 7.14. The molecule has 11 nitrogen and oxygen atoms in total. The SMILES string of the molecule is COc1c(C(N)=O)nc(N2CCNCC2)nc1N1CCC(c2[nH]c(C)c(Cl)c2Cl)C(=C=O)C1N. The number of hydrogen-bond acceptors (Lipinski definition) is 9. The molecule has 13 heteroatoms. The number of anilines is 2. The molecule has 2 aliphatic heterocycles. The molecule has 2 fully saturated rings. The number of hydrogen-bond donors (Lipinski definition) is 4. The van der Waals surface area contributed by atoms with Crippen LogP contribution in [0.1, 0.15) is 34.2 Å². The van der Waals surface area contributed by atoms with E-state index in [1.54, 1.807) is 11.8 Å². The van der Waals surface area contributed by atoms with Gasteiger partial charge in [0.1, 0.15) is 12.1 Å². The highest BCUT2D eigenvalue weighted by Gasteiger charge is 2.38. The van der Waals surface area contributed by atoms with Crippen molar-refractivity contribution >= 4 is 46.8 Å². The number of carbonyl (C=O) groups excluding carboxylic acids is 2. The molecule has 0 spiro atoms. The lowest BCUT2D eigenvalue weighted by Gasteiger charge is -2.39. The Hall–Kier alpha value is -2.82. The molecule has 0 bridgehead atoms. The van der Waals surface area contributed by atoms with Gasteiger partial charge in [-0.05, 0) is 13.3 Å². The van der Waals surface area contributed by atoms with Gasteiger partial charge in [0.15, 0.2) is 17.3 Å². The fourth-order valence-electron chi connectivity index (χ4n) is 4.42. The average Bonchev–Trinajstić information content (AvgIpc) is 3.10. The number of amides is 1. The fourth-order valence-corrected chi connectivity index (χ4v) is 4.89. The number of primary amides is 1. The van der Waals surface area contributed by atoms with Crippen LogP contribution in [0.3, 0.4) is 0 Å². The predicted octanol–water partition coefficient (Wildman–Crippen LogP) is 0.974. The average molecular weight is 509 g/mol. The zero-order valence-electron chi connectivity index (χ0n) is 18.8.